The maximum absolute atomic E-state index is 9.89. The summed E-state index contributed by atoms with van der Waals surface area (Å²) in [4.78, 5) is 0. The van der Waals surface area contributed by atoms with Crippen molar-refractivity contribution >= 4 is 35.0 Å². The number of unbranched alkanes of at least 4 members (excludes halogenated alkanes) is 1. The number of benzene rings is 2. The van der Waals surface area contributed by atoms with Crippen LogP contribution in [0, 0.1) is 0 Å². The van der Waals surface area contributed by atoms with Gasteiger partial charge in [0, 0.05) is 11.7 Å². The lowest BCUT2D eigenvalue weighted by Gasteiger charge is -2.17. The molecule has 2 aromatic rings. The van der Waals surface area contributed by atoms with E-state index in [2.05, 4.69) is 20.8 Å². The van der Waals surface area contributed by atoms with Crippen LogP contribution in [-0.4, -0.2) is 35.9 Å². The minimum absolute atomic E-state index is 0.121. The summed E-state index contributed by atoms with van der Waals surface area (Å²) in [7, 11) is 0. The third-order valence-corrected chi connectivity index (χ3v) is 6.19. The molecule has 2 aromatic carbocycles. The zero-order chi connectivity index (χ0) is 21.2. The molecule has 3 nitrogen and oxygen atoms in total. The Morgan fingerprint density at radius 1 is 1.00 bits per heavy atom. The summed E-state index contributed by atoms with van der Waals surface area (Å²) in [5.74, 6) is 3.10. The van der Waals surface area contributed by atoms with Crippen molar-refractivity contribution in [3.8, 4) is 11.5 Å². The molecular formula is C23H30Cl2O3S. The van der Waals surface area contributed by atoms with Crippen molar-refractivity contribution in [2.24, 2.45) is 0 Å². The molecule has 0 radical (unpaired) electrons. The lowest BCUT2D eigenvalue weighted by atomic mass is 9.93. The lowest BCUT2D eigenvalue weighted by molar-refractivity contribution is 0.126. The zero-order valence-electron chi connectivity index (χ0n) is 17.3. The van der Waals surface area contributed by atoms with Gasteiger partial charge in [-0.25, -0.2) is 0 Å². The van der Waals surface area contributed by atoms with E-state index in [1.807, 2.05) is 36.4 Å². The first kappa shape index (κ1) is 24.2. The van der Waals surface area contributed by atoms with Gasteiger partial charge in [-0.1, -0.05) is 62.5 Å². The van der Waals surface area contributed by atoms with E-state index >= 15 is 0 Å². The van der Waals surface area contributed by atoms with Crippen molar-refractivity contribution in [3.05, 3.63) is 57.6 Å². The molecule has 0 heterocycles. The summed E-state index contributed by atoms with van der Waals surface area (Å²) in [5.41, 5.74) is 2.16. The van der Waals surface area contributed by atoms with Crippen LogP contribution in [0.15, 0.2) is 36.4 Å². The third-order valence-electron chi connectivity index (χ3n) is 4.60. The molecular weight excluding hydrogens is 427 g/mol. The number of thioether (sulfide) groups is 1. The second-order valence-corrected chi connectivity index (χ2v) is 9.06. The number of halogens is 2. The minimum Gasteiger partial charge on any atom is -0.491 e. The Morgan fingerprint density at radius 3 is 2.24 bits per heavy atom. The van der Waals surface area contributed by atoms with Gasteiger partial charge in [-0.05, 0) is 47.6 Å². The highest BCUT2D eigenvalue weighted by molar-refractivity contribution is 7.99. The van der Waals surface area contributed by atoms with E-state index in [-0.39, 0.29) is 5.92 Å². The van der Waals surface area contributed by atoms with Crippen molar-refractivity contribution in [1.29, 1.82) is 0 Å². The van der Waals surface area contributed by atoms with Gasteiger partial charge in [-0.2, -0.15) is 11.8 Å². The smallest absolute Gasteiger partial charge is 0.156 e. The van der Waals surface area contributed by atoms with Crippen LogP contribution in [0.1, 0.15) is 50.7 Å². The molecule has 0 spiro atoms. The van der Waals surface area contributed by atoms with Crippen molar-refractivity contribution in [3.63, 3.8) is 0 Å². The Bertz CT molecular complexity index is 729. The van der Waals surface area contributed by atoms with Gasteiger partial charge in [0.1, 0.15) is 12.4 Å². The van der Waals surface area contributed by atoms with Crippen LogP contribution < -0.4 is 9.47 Å². The predicted octanol–water partition coefficient (Wildman–Crippen LogP) is 6.82. The highest BCUT2D eigenvalue weighted by Gasteiger charge is 2.15. The fraction of sp³-hybridized carbons (Fsp3) is 0.478. The normalized spacial score (nSPS) is 13.2. The summed E-state index contributed by atoms with van der Waals surface area (Å²) in [6.45, 7) is 7.21. The molecule has 0 bridgehead atoms. The average molecular weight is 457 g/mol. The van der Waals surface area contributed by atoms with Gasteiger partial charge in [-0.3, -0.25) is 0 Å². The molecule has 29 heavy (non-hydrogen) atoms. The molecule has 160 valence electrons. The van der Waals surface area contributed by atoms with Gasteiger partial charge in [0.05, 0.1) is 22.8 Å². The van der Waals surface area contributed by atoms with Crippen LogP contribution in [0.3, 0.4) is 0 Å². The SMILES string of the molecule is CCCCOc1c(Cl)cc(C(C)c2ccc(OCC(O)CSCC)cc2)cc1Cl. The summed E-state index contributed by atoms with van der Waals surface area (Å²) >= 11 is 14.5. The highest BCUT2D eigenvalue weighted by Crippen LogP contribution is 2.38. The number of rotatable bonds is 12. The Balaban J connectivity index is 2.01. The Labute approximate surface area is 188 Å². The number of ether oxygens (including phenoxy) is 2. The van der Waals surface area contributed by atoms with E-state index in [1.165, 1.54) is 0 Å². The van der Waals surface area contributed by atoms with Crippen molar-refractivity contribution in [1.82, 2.24) is 0 Å². The molecule has 0 saturated heterocycles. The molecule has 0 aliphatic heterocycles. The summed E-state index contributed by atoms with van der Waals surface area (Å²) in [5, 5.41) is 11.0. The van der Waals surface area contributed by atoms with E-state index in [0.29, 0.717) is 34.8 Å². The van der Waals surface area contributed by atoms with Crippen LogP contribution >= 0.6 is 35.0 Å². The van der Waals surface area contributed by atoms with E-state index < -0.39 is 6.10 Å². The molecule has 0 aromatic heterocycles. The highest BCUT2D eigenvalue weighted by atomic mass is 35.5. The summed E-state index contributed by atoms with van der Waals surface area (Å²) in [6.07, 6.45) is 1.56. The van der Waals surface area contributed by atoms with E-state index in [0.717, 1.165) is 35.5 Å². The summed E-state index contributed by atoms with van der Waals surface area (Å²) in [6, 6.07) is 11.8. The quantitative estimate of drug-likeness (QED) is 0.355. The number of hydrogen-bond donors (Lipinski definition) is 1. The fourth-order valence-electron chi connectivity index (χ4n) is 2.83. The van der Waals surface area contributed by atoms with E-state index in [9.17, 15) is 5.11 Å². The van der Waals surface area contributed by atoms with Crippen LogP contribution in [0.5, 0.6) is 11.5 Å². The van der Waals surface area contributed by atoms with E-state index in [1.54, 1.807) is 11.8 Å². The van der Waals surface area contributed by atoms with Crippen molar-refractivity contribution in [2.45, 2.75) is 45.6 Å². The van der Waals surface area contributed by atoms with Crippen LogP contribution in [-0.2, 0) is 0 Å². The molecule has 0 aliphatic carbocycles. The molecule has 2 unspecified atom stereocenters. The molecule has 0 fully saturated rings. The second kappa shape index (κ2) is 12.6. The Hall–Kier alpha value is -1.07. The van der Waals surface area contributed by atoms with Gasteiger partial charge in [-0.15, -0.1) is 0 Å². The average Bonchev–Trinajstić information content (AvgIpc) is 2.72. The first-order valence-corrected chi connectivity index (χ1v) is 12.0. The lowest BCUT2D eigenvalue weighted by Crippen LogP contribution is -2.20. The first-order valence-electron chi connectivity index (χ1n) is 10.1. The molecule has 2 atom stereocenters. The number of hydrogen-bond acceptors (Lipinski definition) is 4. The maximum atomic E-state index is 9.89. The van der Waals surface area contributed by atoms with Crippen LogP contribution in [0.25, 0.3) is 0 Å². The Kier molecular flexibility index (Phi) is 10.5. The largest absolute Gasteiger partial charge is 0.491 e. The van der Waals surface area contributed by atoms with Crippen molar-refractivity contribution in [2.75, 3.05) is 24.7 Å². The molecule has 0 aliphatic rings. The maximum Gasteiger partial charge on any atom is 0.156 e. The third kappa shape index (κ3) is 7.60. The molecule has 2 rings (SSSR count). The second-order valence-electron chi connectivity index (χ2n) is 6.93. The topological polar surface area (TPSA) is 38.7 Å². The van der Waals surface area contributed by atoms with Crippen molar-refractivity contribution < 1.29 is 14.6 Å². The molecule has 0 amide bonds. The first-order chi connectivity index (χ1) is 14.0. The van der Waals surface area contributed by atoms with Gasteiger partial charge >= 0.3 is 0 Å². The molecule has 0 saturated carbocycles. The standard InChI is InChI=1S/C23H30Cl2O3S/c1-4-6-11-27-23-21(24)12-18(13-22(23)25)16(3)17-7-9-20(10-8-17)28-14-19(26)15-29-5-2/h7-10,12-13,16,19,26H,4-6,11,14-15H2,1-3H3. The predicted molar refractivity (Wildman–Crippen MR) is 125 cm³/mol. The van der Waals surface area contributed by atoms with Crippen LogP contribution in [0.2, 0.25) is 10.0 Å². The summed E-state index contributed by atoms with van der Waals surface area (Å²) < 4.78 is 11.4. The molecule has 6 heteroatoms. The number of aliphatic hydroxyl groups excluding tert-OH is 1. The van der Waals surface area contributed by atoms with Gasteiger partial charge in [0.25, 0.3) is 0 Å². The van der Waals surface area contributed by atoms with Crippen LogP contribution in [0.4, 0.5) is 0 Å². The van der Waals surface area contributed by atoms with Gasteiger partial charge in [0.2, 0.25) is 0 Å². The zero-order valence-corrected chi connectivity index (χ0v) is 19.6. The minimum atomic E-state index is -0.458. The van der Waals surface area contributed by atoms with Gasteiger partial charge in [0.15, 0.2) is 5.75 Å². The molecule has 1 N–H and O–H groups in total. The number of aliphatic hydroxyl groups is 1. The van der Waals surface area contributed by atoms with Gasteiger partial charge < -0.3 is 14.6 Å². The Morgan fingerprint density at radius 2 is 1.66 bits per heavy atom. The monoisotopic (exact) mass is 456 g/mol. The van der Waals surface area contributed by atoms with E-state index in [4.69, 9.17) is 32.7 Å². The fourth-order valence-corrected chi connectivity index (χ4v) is 4.04.